The van der Waals surface area contributed by atoms with Gasteiger partial charge in [0.05, 0.1) is 0 Å². The summed E-state index contributed by atoms with van der Waals surface area (Å²) in [7, 11) is 0. The Kier molecular flexibility index (Phi) is 3.31. The fourth-order valence-electron chi connectivity index (χ4n) is 2.30. The molecule has 1 saturated heterocycles. The lowest BCUT2D eigenvalue weighted by atomic mass is 9.96. The Morgan fingerprint density at radius 2 is 2.06 bits per heavy atom. The van der Waals surface area contributed by atoms with Crippen molar-refractivity contribution in [3.05, 3.63) is 0 Å². The molecule has 1 heterocycles. The van der Waals surface area contributed by atoms with Gasteiger partial charge in [0.2, 0.25) is 5.91 Å². The monoisotopic (exact) mass is 223 g/mol. The van der Waals surface area contributed by atoms with Crippen molar-refractivity contribution in [2.75, 3.05) is 13.1 Å². The van der Waals surface area contributed by atoms with E-state index >= 15 is 0 Å². The van der Waals surface area contributed by atoms with Gasteiger partial charge in [-0.1, -0.05) is 13.8 Å². The minimum absolute atomic E-state index is 0.104. The molecule has 0 N–H and O–H groups in total. The van der Waals surface area contributed by atoms with E-state index in [0.717, 1.165) is 19.0 Å². The first kappa shape index (κ1) is 11.6. The molecule has 1 amide bonds. The Morgan fingerprint density at radius 3 is 2.62 bits per heavy atom. The van der Waals surface area contributed by atoms with Crippen LogP contribution < -0.4 is 0 Å². The van der Waals surface area contributed by atoms with Gasteiger partial charge in [0.1, 0.15) is 5.78 Å². The first-order valence-corrected chi connectivity index (χ1v) is 6.36. The van der Waals surface area contributed by atoms with E-state index < -0.39 is 0 Å². The van der Waals surface area contributed by atoms with Gasteiger partial charge in [0.25, 0.3) is 0 Å². The molecule has 3 heteroatoms. The van der Waals surface area contributed by atoms with E-state index in [1.165, 1.54) is 12.8 Å². The molecule has 0 bridgehead atoms. The van der Waals surface area contributed by atoms with Crippen LogP contribution in [0.5, 0.6) is 0 Å². The number of carbonyl (C=O) groups is 2. The third kappa shape index (κ3) is 2.83. The van der Waals surface area contributed by atoms with Gasteiger partial charge in [-0.15, -0.1) is 0 Å². The second-order valence-electron chi connectivity index (χ2n) is 5.64. The Morgan fingerprint density at radius 1 is 1.38 bits per heavy atom. The maximum atomic E-state index is 11.7. The highest BCUT2D eigenvalue weighted by Gasteiger charge is 2.34. The molecular formula is C13H21NO2. The Balaban J connectivity index is 1.80. The summed E-state index contributed by atoms with van der Waals surface area (Å²) < 4.78 is 0. The van der Waals surface area contributed by atoms with Crippen LogP contribution in [0.25, 0.3) is 0 Å². The number of hydrogen-bond acceptors (Lipinski definition) is 2. The van der Waals surface area contributed by atoms with Crippen LogP contribution in [0.2, 0.25) is 0 Å². The van der Waals surface area contributed by atoms with Crippen LogP contribution in [0.15, 0.2) is 0 Å². The number of rotatable bonds is 5. The second-order valence-corrected chi connectivity index (χ2v) is 5.64. The lowest BCUT2D eigenvalue weighted by Crippen LogP contribution is -2.27. The topological polar surface area (TPSA) is 37.4 Å². The molecule has 0 unspecified atom stereocenters. The first-order valence-electron chi connectivity index (χ1n) is 6.36. The fraction of sp³-hybridized carbons (Fsp3) is 0.846. The Bertz CT molecular complexity index is 294. The van der Waals surface area contributed by atoms with Crippen LogP contribution in [0.4, 0.5) is 0 Å². The van der Waals surface area contributed by atoms with Crippen molar-refractivity contribution in [2.24, 2.45) is 17.8 Å². The second kappa shape index (κ2) is 4.56. The van der Waals surface area contributed by atoms with Crippen molar-refractivity contribution in [1.82, 2.24) is 4.90 Å². The van der Waals surface area contributed by atoms with Gasteiger partial charge in [0, 0.05) is 31.8 Å². The molecule has 2 rings (SSSR count). The van der Waals surface area contributed by atoms with Crippen LogP contribution >= 0.6 is 0 Å². The average Bonchev–Trinajstić information content (AvgIpc) is 2.93. The zero-order chi connectivity index (χ0) is 11.7. The molecule has 90 valence electrons. The summed E-state index contributed by atoms with van der Waals surface area (Å²) in [5, 5.41) is 0. The summed E-state index contributed by atoms with van der Waals surface area (Å²) in [6.07, 6.45) is 3.73. The highest BCUT2D eigenvalue weighted by Crippen LogP contribution is 2.32. The molecule has 1 saturated carbocycles. The number of nitrogens with zero attached hydrogens (tertiary/aromatic N) is 1. The van der Waals surface area contributed by atoms with Crippen LogP contribution in [0, 0.1) is 17.8 Å². The van der Waals surface area contributed by atoms with Crippen molar-refractivity contribution in [1.29, 1.82) is 0 Å². The fourth-order valence-corrected chi connectivity index (χ4v) is 2.30. The number of carbonyl (C=O) groups excluding carboxylic acids is 2. The lowest BCUT2D eigenvalue weighted by Gasteiger charge is -2.16. The summed E-state index contributed by atoms with van der Waals surface area (Å²) in [5.41, 5.74) is 0. The molecule has 2 fully saturated rings. The van der Waals surface area contributed by atoms with Crippen molar-refractivity contribution in [2.45, 2.75) is 39.5 Å². The van der Waals surface area contributed by atoms with Crippen LogP contribution in [0.1, 0.15) is 39.5 Å². The van der Waals surface area contributed by atoms with Gasteiger partial charge in [-0.3, -0.25) is 9.59 Å². The molecular weight excluding hydrogens is 202 g/mol. The zero-order valence-corrected chi connectivity index (χ0v) is 10.2. The van der Waals surface area contributed by atoms with Gasteiger partial charge in [-0.05, 0) is 24.7 Å². The molecule has 0 radical (unpaired) electrons. The van der Waals surface area contributed by atoms with E-state index in [-0.39, 0.29) is 17.7 Å². The predicted molar refractivity (Wildman–Crippen MR) is 61.9 cm³/mol. The molecule has 0 spiro atoms. The number of Topliss-reactive ketones (excluding diaryl/α,β-unsaturated/α-hetero) is 1. The summed E-state index contributed by atoms with van der Waals surface area (Å²) in [6.45, 7) is 5.61. The molecule has 1 atom stereocenters. The molecule has 0 aromatic rings. The quantitative estimate of drug-likeness (QED) is 0.713. The highest BCUT2D eigenvalue weighted by atomic mass is 16.2. The Hall–Kier alpha value is -0.860. The van der Waals surface area contributed by atoms with Crippen molar-refractivity contribution < 1.29 is 9.59 Å². The third-order valence-corrected chi connectivity index (χ3v) is 3.60. The molecule has 1 aliphatic carbocycles. The predicted octanol–water partition coefficient (Wildman–Crippen LogP) is 1.86. The molecule has 16 heavy (non-hydrogen) atoms. The summed E-state index contributed by atoms with van der Waals surface area (Å²) in [6, 6.07) is 0. The largest absolute Gasteiger partial charge is 0.342 e. The maximum Gasteiger partial charge on any atom is 0.222 e. The minimum Gasteiger partial charge on any atom is -0.342 e. The Labute approximate surface area is 97.2 Å². The molecule has 0 aromatic heterocycles. The van der Waals surface area contributed by atoms with Crippen LogP contribution in [-0.4, -0.2) is 29.7 Å². The standard InChI is InChI=1S/C13H21NO2/c1-9(2)12(15)5-11-6-13(16)14(8-11)7-10-3-4-10/h9-11H,3-8H2,1-2H3/t11-/m0/s1. The molecule has 0 aromatic carbocycles. The van der Waals surface area contributed by atoms with Gasteiger partial charge < -0.3 is 4.90 Å². The third-order valence-electron chi connectivity index (χ3n) is 3.60. The number of ketones is 1. The van der Waals surface area contributed by atoms with Gasteiger partial charge >= 0.3 is 0 Å². The molecule has 1 aliphatic heterocycles. The number of likely N-dealkylation sites (tertiary alicyclic amines) is 1. The van der Waals surface area contributed by atoms with E-state index in [2.05, 4.69) is 0 Å². The van der Waals surface area contributed by atoms with Crippen molar-refractivity contribution >= 4 is 11.7 Å². The number of amides is 1. The summed E-state index contributed by atoms with van der Waals surface area (Å²) in [4.78, 5) is 25.3. The van der Waals surface area contributed by atoms with Crippen LogP contribution in [-0.2, 0) is 9.59 Å². The molecule has 2 aliphatic rings. The average molecular weight is 223 g/mol. The van der Waals surface area contributed by atoms with E-state index in [1.807, 2.05) is 18.7 Å². The maximum absolute atomic E-state index is 11.7. The smallest absolute Gasteiger partial charge is 0.222 e. The van der Waals surface area contributed by atoms with Gasteiger partial charge in [-0.25, -0.2) is 0 Å². The van der Waals surface area contributed by atoms with E-state index in [4.69, 9.17) is 0 Å². The summed E-state index contributed by atoms with van der Waals surface area (Å²) >= 11 is 0. The van der Waals surface area contributed by atoms with Gasteiger partial charge in [0.15, 0.2) is 0 Å². The minimum atomic E-state index is 0.104. The summed E-state index contributed by atoms with van der Waals surface area (Å²) in [5.74, 6) is 1.69. The zero-order valence-electron chi connectivity index (χ0n) is 10.2. The highest BCUT2D eigenvalue weighted by molar-refractivity contribution is 5.83. The van der Waals surface area contributed by atoms with E-state index in [0.29, 0.717) is 18.6 Å². The SMILES string of the molecule is CC(C)C(=O)C[C@H]1CC(=O)N(CC2CC2)C1. The number of hydrogen-bond donors (Lipinski definition) is 0. The van der Waals surface area contributed by atoms with E-state index in [1.54, 1.807) is 0 Å². The van der Waals surface area contributed by atoms with E-state index in [9.17, 15) is 9.59 Å². The molecule has 3 nitrogen and oxygen atoms in total. The van der Waals surface area contributed by atoms with Crippen molar-refractivity contribution in [3.63, 3.8) is 0 Å². The van der Waals surface area contributed by atoms with Crippen molar-refractivity contribution in [3.8, 4) is 0 Å². The lowest BCUT2D eigenvalue weighted by molar-refractivity contribution is -0.127. The first-order chi connectivity index (χ1) is 7.56. The van der Waals surface area contributed by atoms with Crippen LogP contribution in [0.3, 0.4) is 0 Å². The van der Waals surface area contributed by atoms with Gasteiger partial charge in [-0.2, -0.15) is 0 Å². The normalized spacial score (nSPS) is 25.6.